The van der Waals surface area contributed by atoms with Gasteiger partial charge in [0.1, 0.15) is 0 Å². The van der Waals surface area contributed by atoms with E-state index in [-0.39, 0.29) is 4.90 Å². The van der Waals surface area contributed by atoms with E-state index in [0.29, 0.717) is 0 Å². The van der Waals surface area contributed by atoms with E-state index < -0.39 is 10.1 Å². The first-order valence-corrected chi connectivity index (χ1v) is 7.53. The third kappa shape index (κ3) is 4.01. The summed E-state index contributed by atoms with van der Waals surface area (Å²) < 4.78 is 29.7. The molecule has 3 rings (SSSR count). The molecule has 0 saturated heterocycles. The van der Waals surface area contributed by atoms with Gasteiger partial charge in [0.05, 0.1) is 22.3 Å². The van der Waals surface area contributed by atoms with E-state index >= 15 is 0 Å². The fourth-order valence-electron chi connectivity index (χ4n) is 1.66. The van der Waals surface area contributed by atoms with Gasteiger partial charge in [-0.1, -0.05) is 36.9 Å². The highest BCUT2D eigenvalue weighted by atomic mass is 32.2. The van der Waals surface area contributed by atoms with Crippen LogP contribution in [-0.2, 0) is 10.1 Å². The van der Waals surface area contributed by atoms with Crippen LogP contribution in [0.25, 0.3) is 17.1 Å². The Morgan fingerprint density at radius 3 is 2.33 bits per heavy atom. The molecule has 0 spiro atoms. The van der Waals surface area contributed by atoms with Gasteiger partial charge in [-0.25, -0.2) is 4.98 Å². The van der Waals surface area contributed by atoms with Crippen LogP contribution < -0.4 is 0 Å². The smallest absolute Gasteiger partial charge is 0.294 e. The first kappa shape index (κ1) is 15.0. The lowest BCUT2D eigenvalue weighted by Gasteiger charge is -1.96. The van der Waals surface area contributed by atoms with Crippen molar-refractivity contribution in [2.75, 3.05) is 0 Å². The number of benzene rings is 2. The van der Waals surface area contributed by atoms with E-state index in [1.54, 1.807) is 24.5 Å². The molecule has 0 radical (unpaired) electrons. The summed E-state index contributed by atoms with van der Waals surface area (Å²) in [5, 5.41) is 0. The molecule has 0 aliphatic heterocycles. The summed E-state index contributed by atoms with van der Waals surface area (Å²) in [6, 6.07) is 13.7. The van der Waals surface area contributed by atoms with Crippen LogP contribution in [0.5, 0.6) is 0 Å². The Labute approximate surface area is 122 Å². The fraction of sp³-hybridized carbons (Fsp3) is 0. The zero-order valence-electron chi connectivity index (χ0n) is 11.1. The molecule has 0 fully saturated rings. The standard InChI is InChI=1S/C8H8O3S.C7H6N2/c1-2-7-3-5-8(6-4-7)12(9,10)11;1-2-4-7-6(3-1)8-5-9-7/h2-6H,1H2,(H,9,10,11);1-5H,(H,8,9). The lowest BCUT2D eigenvalue weighted by Crippen LogP contribution is -1.96. The van der Waals surface area contributed by atoms with Crippen LogP contribution in [0.4, 0.5) is 0 Å². The second-order valence-corrected chi connectivity index (χ2v) is 5.59. The Hall–Kier alpha value is -2.44. The first-order chi connectivity index (χ1) is 10.0. The predicted molar refractivity (Wildman–Crippen MR) is 82.4 cm³/mol. The highest BCUT2D eigenvalue weighted by molar-refractivity contribution is 7.85. The number of para-hydroxylation sites is 2. The Bertz CT molecular complexity index is 806. The first-order valence-electron chi connectivity index (χ1n) is 6.09. The number of aromatic nitrogens is 2. The van der Waals surface area contributed by atoms with E-state index in [4.69, 9.17) is 4.55 Å². The maximum Gasteiger partial charge on any atom is 0.294 e. The maximum absolute atomic E-state index is 10.6. The number of imidazole rings is 1. The quantitative estimate of drug-likeness (QED) is 0.712. The predicted octanol–water partition coefficient (Wildman–Crippen LogP) is 3.14. The molecule has 1 aromatic heterocycles. The molecule has 0 amide bonds. The van der Waals surface area contributed by atoms with Crippen LogP contribution in [0, 0.1) is 0 Å². The molecule has 5 nitrogen and oxygen atoms in total. The molecule has 0 saturated carbocycles. The number of rotatable bonds is 2. The van der Waals surface area contributed by atoms with Crippen LogP contribution >= 0.6 is 0 Å². The minimum absolute atomic E-state index is 0.104. The second kappa shape index (κ2) is 6.34. The summed E-state index contributed by atoms with van der Waals surface area (Å²) in [5.41, 5.74) is 2.93. The molecule has 0 bridgehead atoms. The van der Waals surface area contributed by atoms with Crippen LogP contribution in [0.15, 0.2) is 66.3 Å². The molecule has 0 unspecified atom stereocenters. The fourth-order valence-corrected chi connectivity index (χ4v) is 2.14. The number of H-pyrrole nitrogens is 1. The van der Waals surface area contributed by atoms with E-state index in [1.165, 1.54) is 12.1 Å². The van der Waals surface area contributed by atoms with Gasteiger partial charge in [0.2, 0.25) is 0 Å². The van der Waals surface area contributed by atoms with Crippen molar-refractivity contribution in [1.82, 2.24) is 9.97 Å². The second-order valence-electron chi connectivity index (χ2n) is 4.17. The highest BCUT2D eigenvalue weighted by Gasteiger charge is 2.07. The van der Waals surface area contributed by atoms with Gasteiger partial charge in [-0.3, -0.25) is 4.55 Å². The molecule has 21 heavy (non-hydrogen) atoms. The molecule has 2 N–H and O–H groups in total. The molecule has 3 aromatic rings. The summed E-state index contributed by atoms with van der Waals surface area (Å²) >= 11 is 0. The summed E-state index contributed by atoms with van der Waals surface area (Å²) in [7, 11) is -4.06. The average Bonchev–Trinajstić information content (AvgIpc) is 2.95. The van der Waals surface area contributed by atoms with Gasteiger partial charge in [0, 0.05) is 0 Å². The Morgan fingerprint density at radius 2 is 1.76 bits per heavy atom. The summed E-state index contributed by atoms with van der Waals surface area (Å²) in [5.74, 6) is 0. The maximum atomic E-state index is 10.6. The van der Waals surface area contributed by atoms with Gasteiger partial charge in [-0.05, 0) is 29.8 Å². The van der Waals surface area contributed by atoms with E-state index in [1.807, 2.05) is 24.3 Å². The van der Waals surface area contributed by atoms with E-state index in [2.05, 4.69) is 16.5 Å². The molecule has 6 heteroatoms. The monoisotopic (exact) mass is 302 g/mol. The lowest BCUT2D eigenvalue weighted by molar-refractivity contribution is 0.483. The summed E-state index contributed by atoms with van der Waals surface area (Å²) in [6.07, 6.45) is 3.29. The van der Waals surface area contributed by atoms with Gasteiger partial charge in [0.15, 0.2) is 0 Å². The van der Waals surface area contributed by atoms with Crippen LogP contribution in [0.2, 0.25) is 0 Å². The minimum atomic E-state index is -4.06. The molecular formula is C15H14N2O3S. The molecule has 1 heterocycles. The Balaban J connectivity index is 0.000000159. The van der Waals surface area contributed by atoms with Crippen LogP contribution in [0.1, 0.15) is 5.56 Å². The molecule has 0 atom stereocenters. The topological polar surface area (TPSA) is 83.0 Å². The molecular weight excluding hydrogens is 288 g/mol. The van der Waals surface area contributed by atoms with Gasteiger partial charge < -0.3 is 4.98 Å². The zero-order chi connectivity index (χ0) is 15.3. The largest absolute Gasteiger partial charge is 0.345 e. The molecule has 0 aliphatic carbocycles. The van der Waals surface area contributed by atoms with Crippen molar-refractivity contribution in [2.24, 2.45) is 0 Å². The third-order valence-corrected chi connectivity index (χ3v) is 3.61. The lowest BCUT2D eigenvalue weighted by atomic mass is 10.2. The van der Waals surface area contributed by atoms with Gasteiger partial charge in [-0.15, -0.1) is 0 Å². The van der Waals surface area contributed by atoms with Crippen molar-refractivity contribution in [3.8, 4) is 0 Å². The molecule has 108 valence electrons. The van der Waals surface area contributed by atoms with Gasteiger partial charge in [0.25, 0.3) is 10.1 Å². The highest BCUT2D eigenvalue weighted by Crippen LogP contribution is 2.10. The number of hydrogen-bond donors (Lipinski definition) is 2. The number of hydrogen-bond acceptors (Lipinski definition) is 3. The minimum Gasteiger partial charge on any atom is -0.345 e. The SMILES string of the molecule is C=Cc1ccc(S(=O)(=O)O)cc1.c1ccc2[nH]cnc2c1. The van der Waals surface area contributed by atoms with Crippen molar-refractivity contribution in [1.29, 1.82) is 0 Å². The van der Waals surface area contributed by atoms with Gasteiger partial charge >= 0.3 is 0 Å². The van der Waals surface area contributed by atoms with Gasteiger partial charge in [-0.2, -0.15) is 8.42 Å². The average molecular weight is 302 g/mol. The Morgan fingerprint density at radius 1 is 1.10 bits per heavy atom. The van der Waals surface area contributed by atoms with Crippen molar-refractivity contribution in [2.45, 2.75) is 4.90 Å². The van der Waals surface area contributed by atoms with E-state index in [0.717, 1.165) is 16.6 Å². The zero-order valence-corrected chi connectivity index (χ0v) is 11.9. The number of nitrogens with zero attached hydrogens (tertiary/aromatic N) is 1. The number of aromatic amines is 1. The summed E-state index contributed by atoms with van der Waals surface area (Å²) in [4.78, 5) is 6.97. The summed E-state index contributed by atoms with van der Waals surface area (Å²) in [6.45, 7) is 3.51. The third-order valence-electron chi connectivity index (χ3n) is 2.74. The number of nitrogens with one attached hydrogen (secondary N) is 1. The van der Waals surface area contributed by atoms with Crippen LogP contribution in [-0.4, -0.2) is 22.9 Å². The molecule has 2 aromatic carbocycles. The van der Waals surface area contributed by atoms with Crippen molar-refractivity contribution < 1.29 is 13.0 Å². The normalized spacial score (nSPS) is 10.7. The van der Waals surface area contributed by atoms with Crippen molar-refractivity contribution in [3.63, 3.8) is 0 Å². The van der Waals surface area contributed by atoms with Crippen molar-refractivity contribution >= 4 is 27.2 Å². The van der Waals surface area contributed by atoms with E-state index in [9.17, 15) is 8.42 Å². The molecule has 0 aliphatic rings. The number of fused-ring (bicyclic) bond motifs is 1. The van der Waals surface area contributed by atoms with Crippen LogP contribution in [0.3, 0.4) is 0 Å². The van der Waals surface area contributed by atoms with Crippen molar-refractivity contribution in [3.05, 3.63) is 67.0 Å². The Kier molecular flexibility index (Phi) is 4.52.